The molecule has 0 atom stereocenters. The number of furan rings is 1. The van der Waals surface area contributed by atoms with Gasteiger partial charge in [-0.05, 0) is 49.4 Å². The zero-order valence-electron chi connectivity index (χ0n) is 21.7. The van der Waals surface area contributed by atoms with Crippen LogP contribution >= 0.6 is 0 Å². The number of benzene rings is 3. The number of rotatable bonds is 8. The number of nitrogens with one attached hydrogen (secondary N) is 1. The molecule has 3 aromatic carbocycles. The van der Waals surface area contributed by atoms with Gasteiger partial charge < -0.3 is 18.8 Å². The number of nitrogens with zero attached hydrogens (tertiary/aromatic N) is 3. The standard InChI is InChI=1S/C31H26N4O5/c1-21-9-12-24(13-10-21)35-18-26(22-6-3-2-4-7-22)32-31(35)33-29(36)19-34(17-25-8-5-15-38-25)30(37)23-11-14-27-28(16-23)40-20-39-27/h2-16,18H,17,19-20H2,1H3,(H,32,33,36). The lowest BCUT2D eigenvalue weighted by atomic mass is 10.1. The largest absolute Gasteiger partial charge is 0.467 e. The van der Waals surface area contributed by atoms with Crippen LogP contribution in [0.1, 0.15) is 21.7 Å². The Morgan fingerprint density at radius 1 is 0.950 bits per heavy atom. The molecule has 0 saturated carbocycles. The van der Waals surface area contributed by atoms with Crippen molar-refractivity contribution in [1.29, 1.82) is 0 Å². The summed E-state index contributed by atoms with van der Waals surface area (Å²) < 4.78 is 18.1. The molecule has 1 aliphatic rings. The van der Waals surface area contributed by atoms with E-state index in [1.807, 2.05) is 72.3 Å². The Balaban J connectivity index is 1.28. The van der Waals surface area contributed by atoms with Crippen LogP contribution in [0.4, 0.5) is 5.95 Å². The molecule has 0 radical (unpaired) electrons. The van der Waals surface area contributed by atoms with Gasteiger partial charge in [-0.15, -0.1) is 0 Å². The van der Waals surface area contributed by atoms with Gasteiger partial charge in [0.1, 0.15) is 12.3 Å². The van der Waals surface area contributed by atoms with E-state index in [2.05, 4.69) is 5.32 Å². The molecule has 6 rings (SSSR count). The van der Waals surface area contributed by atoms with Crippen molar-refractivity contribution in [2.75, 3.05) is 18.7 Å². The number of fused-ring (bicyclic) bond motifs is 1. The molecule has 0 unspecified atom stereocenters. The number of carbonyl (C=O) groups is 2. The van der Waals surface area contributed by atoms with Crippen molar-refractivity contribution in [3.63, 3.8) is 0 Å². The number of aromatic nitrogens is 2. The van der Waals surface area contributed by atoms with Crippen LogP contribution in [-0.4, -0.2) is 39.6 Å². The summed E-state index contributed by atoms with van der Waals surface area (Å²) in [6.07, 6.45) is 3.41. The molecule has 2 aromatic heterocycles. The first-order valence-electron chi connectivity index (χ1n) is 12.8. The minimum atomic E-state index is -0.403. The van der Waals surface area contributed by atoms with Crippen LogP contribution in [0.15, 0.2) is 102 Å². The van der Waals surface area contributed by atoms with E-state index in [0.29, 0.717) is 34.5 Å². The Labute approximate surface area is 230 Å². The molecule has 2 amide bonds. The van der Waals surface area contributed by atoms with Crippen LogP contribution in [0.25, 0.3) is 16.9 Å². The molecule has 0 fully saturated rings. The first-order chi connectivity index (χ1) is 19.5. The highest BCUT2D eigenvalue weighted by atomic mass is 16.7. The van der Waals surface area contributed by atoms with Crippen molar-refractivity contribution in [2.45, 2.75) is 13.5 Å². The third-order valence-corrected chi connectivity index (χ3v) is 6.51. The lowest BCUT2D eigenvalue weighted by Gasteiger charge is -2.21. The Morgan fingerprint density at radius 3 is 2.52 bits per heavy atom. The van der Waals surface area contributed by atoms with Crippen molar-refractivity contribution in [3.05, 3.63) is 114 Å². The van der Waals surface area contributed by atoms with Gasteiger partial charge in [-0.3, -0.25) is 19.5 Å². The van der Waals surface area contributed by atoms with Gasteiger partial charge in [0.05, 0.1) is 18.5 Å². The number of hydrogen-bond donors (Lipinski definition) is 1. The Kier molecular flexibility index (Phi) is 6.76. The number of amides is 2. The van der Waals surface area contributed by atoms with Crippen LogP contribution in [0.5, 0.6) is 11.5 Å². The average Bonchev–Trinajstić information content (AvgIpc) is 3.74. The molecule has 0 aliphatic carbocycles. The van der Waals surface area contributed by atoms with Crippen LogP contribution in [0, 0.1) is 6.92 Å². The normalized spacial score (nSPS) is 11.8. The van der Waals surface area contributed by atoms with E-state index in [1.54, 1.807) is 30.3 Å². The number of imidazole rings is 1. The van der Waals surface area contributed by atoms with Gasteiger partial charge in [0, 0.05) is 23.0 Å². The molecule has 1 aliphatic heterocycles. The summed E-state index contributed by atoms with van der Waals surface area (Å²) in [7, 11) is 0. The lowest BCUT2D eigenvalue weighted by molar-refractivity contribution is -0.117. The molecule has 9 heteroatoms. The van der Waals surface area contributed by atoms with E-state index in [0.717, 1.165) is 16.8 Å². The molecule has 3 heterocycles. The molecule has 0 saturated heterocycles. The number of aryl methyl sites for hydroxylation is 1. The van der Waals surface area contributed by atoms with E-state index >= 15 is 0 Å². The molecule has 9 nitrogen and oxygen atoms in total. The van der Waals surface area contributed by atoms with E-state index in [1.165, 1.54) is 11.2 Å². The van der Waals surface area contributed by atoms with Gasteiger partial charge in [-0.25, -0.2) is 4.98 Å². The fourth-order valence-corrected chi connectivity index (χ4v) is 4.46. The highest BCUT2D eigenvalue weighted by Gasteiger charge is 2.24. The maximum absolute atomic E-state index is 13.6. The van der Waals surface area contributed by atoms with Crippen LogP contribution in [-0.2, 0) is 11.3 Å². The molecule has 1 N–H and O–H groups in total. The monoisotopic (exact) mass is 534 g/mol. The van der Waals surface area contributed by atoms with Gasteiger partial charge in [-0.2, -0.15) is 0 Å². The summed E-state index contributed by atoms with van der Waals surface area (Å²) in [5.41, 5.74) is 3.96. The maximum atomic E-state index is 13.6. The van der Waals surface area contributed by atoms with Gasteiger partial charge in [-0.1, -0.05) is 48.0 Å². The predicted octanol–water partition coefficient (Wildman–Crippen LogP) is 5.45. The molecular weight excluding hydrogens is 508 g/mol. The number of anilines is 1. The molecule has 40 heavy (non-hydrogen) atoms. The molecular formula is C31H26N4O5. The summed E-state index contributed by atoms with van der Waals surface area (Å²) in [6, 6.07) is 26.1. The first kappa shape index (κ1) is 25.0. The van der Waals surface area contributed by atoms with E-state index in [4.69, 9.17) is 18.9 Å². The van der Waals surface area contributed by atoms with Gasteiger partial charge in [0.25, 0.3) is 5.91 Å². The average molecular weight is 535 g/mol. The quantitative estimate of drug-likeness (QED) is 0.284. The van der Waals surface area contributed by atoms with Crippen LogP contribution in [0.2, 0.25) is 0 Å². The van der Waals surface area contributed by atoms with Crippen molar-refractivity contribution >= 4 is 17.8 Å². The van der Waals surface area contributed by atoms with Crippen molar-refractivity contribution in [3.8, 4) is 28.4 Å². The SMILES string of the molecule is Cc1ccc(-n2cc(-c3ccccc3)nc2NC(=O)CN(Cc2ccco2)C(=O)c2ccc3c(c2)OCO3)cc1. The summed E-state index contributed by atoms with van der Waals surface area (Å²) in [6.45, 7) is 2.00. The smallest absolute Gasteiger partial charge is 0.254 e. The Bertz CT molecular complexity index is 1640. The van der Waals surface area contributed by atoms with E-state index < -0.39 is 5.91 Å². The molecule has 0 spiro atoms. The topological polar surface area (TPSA) is 98.8 Å². The number of ether oxygens (including phenoxy) is 2. The predicted molar refractivity (Wildman–Crippen MR) is 148 cm³/mol. The van der Waals surface area contributed by atoms with Gasteiger partial charge in [0.15, 0.2) is 11.5 Å². The minimum absolute atomic E-state index is 0.101. The summed E-state index contributed by atoms with van der Waals surface area (Å²) in [4.78, 5) is 33.1. The lowest BCUT2D eigenvalue weighted by Crippen LogP contribution is -2.37. The maximum Gasteiger partial charge on any atom is 0.254 e. The van der Waals surface area contributed by atoms with Crippen molar-refractivity contribution < 1.29 is 23.5 Å². The third kappa shape index (κ3) is 5.30. The first-order valence-corrected chi connectivity index (χ1v) is 12.8. The van der Waals surface area contributed by atoms with Crippen molar-refractivity contribution in [1.82, 2.24) is 14.5 Å². The number of hydrogen-bond acceptors (Lipinski definition) is 6. The van der Waals surface area contributed by atoms with Crippen molar-refractivity contribution in [2.24, 2.45) is 0 Å². The molecule has 5 aromatic rings. The number of carbonyl (C=O) groups excluding carboxylic acids is 2. The van der Waals surface area contributed by atoms with Crippen LogP contribution < -0.4 is 14.8 Å². The van der Waals surface area contributed by atoms with E-state index in [-0.39, 0.29) is 25.8 Å². The van der Waals surface area contributed by atoms with Gasteiger partial charge in [0.2, 0.25) is 18.6 Å². The second-order valence-corrected chi connectivity index (χ2v) is 9.38. The summed E-state index contributed by atoms with van der Waals surface area (Å²) >= 11 is 0. The highest BCUT2D eigenvalue weighted by molar-refractivity contribution is 5.99. The highest BCUT2D eigenvalue weighted by Crippen LogP contribution is 2.33. The Hall–Kier alpha value is -5.31. The fraction of sp³-hybridized carbons (Fsp3) is 0.129. The summed E-state index contributed by atoms with van der Waals surface area (Å²) in [5, 5.41) is 2.92. The second kappa shape index (κ2) is 10.8. The second-order valence-electron chi connectivity index (χ2n) is 9.38. The molecule has 0 bridgehead atoms. The fourth-order valence-electron chi connectivity index (χ4n) is 4.46. The summed E-state index contributed by atoms with van der Waals surface area (Å²) in [5.74, 6) is 1.21. The zero-order chi connectivity index (χ0) is 27.5. The zero-order valence-corrected chi connectivity index (χ0v) is 21.7. The van der Waals surface area contributed by atoms with Crippen LogP contribution in [0.3, 0.4) is 0 Å². The van der Waals surface area contributed by atoms with E-state index in [9.17, 15) is 9.59 Å². The van der Waals surface area contributed by atoms with Gasteiger partial charge >= 0.3 is 0 Å². The minimum Gasteiger partial charge on any atom is -0.467 e. The third-order valence-electron chi connectivity index (χ3n) is 6.51. The Morgan fingerprint density at radius 2 is 1.75 bits per heavy atom. The molecule has 200 valence electrons.